The first-order valence-corrected chi connectivity index (χ1v) is 7.36. The van der Waals surface area contributed by atoms with Gasteiger partial charge in [-0.25, -0.2) is 0 Å². The Hall–Kier alpha value is 0.0900. The molecule has 0 amide bonds. The Morgan fingerprint density at radius 3 is 2.29 bits per heavy atom. The summed E-state index contributed by atoms with van der Waals surface area (Å²) in [5.74, 6) is 1.43. The first-order chi connectivity index (χ1) is 8.08. The van der Waals surface area contributed by atoms with E-state index in [0.29, 0.717) is 16.0 Å². The molecule has 1 aromatic carbocycles. The Labute approximate surface area is 118 Å². The number of benzene rings is 1. The normalized spacial score (nSPS) is 26.8. The van der Waals surface area contributed by atoms with Crippen LogP contribution in [0.2, 0.25) is 10.0 Å². The molecular formula is C14H17Cl3. The molecule has 1 fully saturated rings. The van der Waals surface area contributed by atoms with Gasteiger partial charge in [-0.1, -0.05) is 49.0 Å². The topological polar surface area (TPSA) is 0 Å². The lowest BCUT2D eigenvalue weighted by Gasteiger charge is -2.29. The van der Waals surface area contributed by atoms with Gasteiger partial charge in [-0.2, -0.15) is 0 Å². The Balaban J connectivity index is 2.08. The zero-order valence-corrected chi connectivity index (χ0v) is 12.2. The van der Waals surface area contributed by atoms with Crippen LogP contribution in [0.3, 0.4) is 0 Å². The summed E-state index contributed by atoms with van der Waals surface area (Å²) in [6.07, 6.45) is 5.01. The van der Waals surface area contributed by atoms with Crippen LogP contribution < -0.4 is 0 Å². The molecule has 1 unspecified atom stereocenters. The van der Waals surface area contributed by atoms with Gasteiger partial charge in [0.15, 0.2) is 0 Å². The number of halogens is 3. The van der Waals surface area contributed by atoms with Crippen molar-refractivity contribution in [1.82, 2.24) is 0 Å². The van der Waals surface area contributed by atoms with Crippen LogP contribution in [-0.4, -0.2) is 0 Å². The molecule has 0 aromatic heterocycles. The molecule has 0 heterocycles. The molecule has 0 saturated heterocycles. The van der Waals surface area contributed by atoms with E-state index in [0.717, 1.165) is 11.5 Å². The van der Waals surface area contributed by atoms with Crippen LogP contribution in [0.15, 0.2) is 18.2 Å². The fourth-order valence-electron chi connectivity index (χ4n) is 2.53. The smallest absolute Gasteiger partial charge is 0.0613 e. The van der Waals surface area contributed by atoms with Gasteiger partial charge >= 0.3 is 0 Å². The van der Waals surface area contributed by atoms with Gasteiger partial charge in [0.1, 0.15) is 0 Å². The summed E-state index contributed by atoms with van der Waals surface area (Å²) in [6, 6.07) is 5.73. The molecule has 17 heavy (non-hydrogen) atoms. The molecule has 1 aromatic rings. The van der Waals surface area contributed by atoms with E-state index in [-0.39, 0.29) is 5.38 Å². The molecule has 2 rings (SSSR count). The van der Waals surface area contributed by atoms with E-state index in [1.807, 2.05) is 18.2 Å². The maximum absolute atomic E-state index is 6.56. The van der Waals surface area contributed by atoms with Gasteiger partial charge in [-0.05, 0) is 42.4 Å². The molecule has 0 radical (unpaired) electrons. The van der Waals surface area contributed by atoms with E-state index in [9.17, 15) is 0 Å². The molecule has 94 valence electrons. The van der Waals surface area contributed by atoms with E-state index in [1.165, 1.54) is 25.7 Å². The maximum Gasteiger partial charge on any atom is 0.0613 e. The van der Waals surface area contributed by atoms with Gasteiger partial charge < -0.3 is 0 Å². The molecular weight excluding hydrogens is 275 g/mol. The van der Waals surface area contributed by atoms with Crippen molar-refractivity contribution in [3.63, 3.8) is 0 Å². The summed E-state index contributed by atoms with van der Waals surface area (Å²) in [6.45, 7) is 2.32. The molecule has 0 bridgehead atoms. The molecule has 0 N–H and O–H groups in total. The van der Waals surface area contributed by atoms with Crippen molar-refractivity contribution in [3.8, 4) is 0 Å². The molecule has 1 atom stereocenters. The van der Waals surface area contributed by atoms with Crippen molar-refractivity contribution in [2.24, 2.45) is 11.8 Å². The molecule has 0 spiro atoms. The summed E-state index contributed by atoms with van der Waals surface area (Å²) < 4.78 is 0. The Morgan fingerprint density at radius 1 is 1.06 bits per heavy atom. The van der Waals surface area contributed by atoms with Crippen LogP contribution in [0.5, 0.6) is 0 Å². The van der Waals surface area contributed by atoms with Gasteiger partial charge in [0.05, 0.1) is 15.4 Å². The summed E-state index contributed by atoms with van der Waals surface area (Å²) >= 11 is 18.5. The Morgan fingerprint density at radius 2 is 1.71 bits per heavy atom. The summed E-state index contributed by atoms with van der Waals surface area (Å²) in [7, 11) is 0. The van der Waals surface area contributed by atoms with E-state index in [4.69, 9.17) is 34.8 Å². The minimum atomic E-state index is 0.0669. The van der Waals surface area contributed by atoms with Crippen molar-refractivity contribution in [1.29, 1.82) is 0 Å². The van der Waals surface area contributed by atoms with Crippen molar-refractivity contribution in [3.05, 3.63) is 33.8 Å². The second-order valence-corrected chi connectivity index (χ2v) is 6.38. The minimum Gasteiger partial charge on any atom is -0.118 e. The minimum absolute atomic E-state index is 0.0669. The largest absolute Gasteiger partial charge is 0.118 e. The lowest BCUT2D eigenvalue weighted by atomic mass is 9.80. The average molecular weight is 292 g/mol. The van der Waals surface area contributed by atoms with Crippen LogP contribution in [-0.2, 0) is 0 Å². The quantitative estimate of drug-likeness (QED) is 0.578. The number of hydrogen-bond acceptors (Lipinski definition) is 0. The van der Waals surface area contributed by atoms with Gasteiger partial charge in [0.2, 0.25) is 0 Å². The van der Waals surface area contributed by atoms with Gasteiger partial charge in [-0.15, -0.1) is 11.6 Å². The van der Waals surface area contributed by atoms with Gasteiger partial charge in [-0.3, -0.25) is 0 Å². The highest BCUT2D eigenvalue weighted by Crippen LogP contribution is 2.41. The fraction of sp³-hybridized carbons (Fsp3) is 0.571. The van der Waals surface area contributed by atoms with E-state index in [1.54, 1.807) is 0 Å². The lowest BCUT2D eigenvalue weighted by Crippen LogP contribution is -2.16. The fourth-order valence-corrected chi connectivity index (χ4v) is 3.23. The highest BCUT2D eigenvalue weighted by molar-refractivity contribution is 6.42. The number of alkyl halides is 1. The van der Waals surface area contributed by atoms with Crippen molar-refractivity contribution in [2.45, 2.75) is 38.0 Å². The van der Waals surface area contributed by atoms with Crippen LogP contribution >= 0.6 is 34.8 Å². The molecule has 0 nitrogen and oxygen atoms in total. The average Bonchev–Trinajstić information content (AvgIpc) is 2.33. The van der Waals surface area contributed by atoms with Crippen molar-refractivity contribution < 1.29 is 0 Å². The van der Waals surface area contributed by atoms with E-state index in [2.05, 4.69) is 6.92 Å². The third-order valence-electron chi connectivity index (χ3n) is 3.74. The summed E-state index contributed by atoms with van der Waals surface area (Å²) in [5.41, 5.74) is 1.10. The highest BCUT2D eigenvalue weighted by atomic mass is 35.5. The third-order valence-corrected chi connectivity index (χ3v) is 5.08. The maximum atomic E-state index is 6.56. The molecule has 1 aliphatic rings. The lowest BCUT2D eigenvalue weighted by molar-refractivity contribution is 0.283. The Bertz CT molecular complexity index is 381. The second kappa shape index (κ2) is 5.82. The summed E-state index contributed by atoms with van der Waals surface area (Å²) in [5, 5.41) is 1.26. The van der Waals surface area contributed by atoms with E-state index >= 15 is 0 Å². The zero-order valence-electron chi connectivity index (χ0n) is 9.93. The summed E-state index contributed by atoms with van der Waals surface area (Å²) in [4.78, 5) is 0. The zero-order chi connectivity index (χ0) is 12.4. The SMILES string of the molecule is CC1CCC(C(Cl)c2ccc(Cl)c(Cl)c2)CC1. The number of rotatable bonds is 2. The third kappa shape index (κ3) is 3.30. The van der Waals surface area contributed by atoms with Gasteiger partial charge in [0, 0.05) is 0 Å². The molecule has 3 heteroatoms. The standard InChI is InChI=1S/C14H17Cl3/c1-9-2-4-10(5-3-9)14(17)11-6-7-12(15)13(16)8-11/h6-10,14H,2-5H2,1H3. The predicted molar refractivity (Wildman–Crippen MR) is 76.2 cm³/mol. The first-order valence-electron chi connectivity index (χ1n) is 6.17. The highest BCUT2D eigenvalue weighted by Gasteiger charge is 2.25. The predicted octanol–water partition coefficient (Wildman–Crippen LogP) is 6.10. The molecule has 1 saturated carbocycles. The molecule has 0 aliphatic heterocycles. The number of hydrogen-bond donors (Lipinski definition) is 0. The van der Waals surface area contributed by atoms with Crippen molar-refractivity contribution in [2.75, 3.05) is 0 Å². The van der Waals surface area contributed by atoms with Crippen LogP contribution in [0.1, 0.15) is 43.5 Å². The first kappa shape index (κ1) is 13.5. The van der Waals surface area contributed by atoms with Crippen LogP contribution in [0.25, 0.3) is 0 Å². The van der Waals surface area contributed by atoms with Crippen LogP contribution in [0, 0.1) is 11.8 Å². The Kier molecular flexibility index (Phi) is 4.63. The second-order valence-electron chi connectivity index (χ2n) is 5.10. The van der Waals surface area contributed by atoms with Crippen LogP contribution in [0.4, 0.5) is 0 Å². The molecule has 1 aliphatic carbocycles. The van der Waals surface area contributed by atoms with E-state index < -0.39 is 0 Å². The monoisotopic (exact) mass is 290 g/mol. The van der Waals surface area contributed by atoms with Gasteiger partial charge in [0.25, 0.3) is 0 Å². The van der Waals surface area contributed by atoms with Crippen molar-refractivity contribution >= 4 is 34.8 Å².